The maximum absolute atomic E-state index is 13.3. The minimum Gasteiger partial charge on any atom is -0.369 e. The van der Waals surface area contributed by atoms with E-state index in [0.717, 1.165) is 0 Å². The molecule has 2 aromatic rings. The van der Waals surface area contributed by atoms with Gasteiger partial charge >= 0.3 is 12.4 Å². The predicted octanol–water partition coefficient (Wildman–Crippen LogP) is 2.98. The SMILES string of the molecule is O=C(Nc1ccc(C(O)(C(F)(F)F)C(F)(F)F)cc1)C1(S(=O)(=O)NC2CC2)NCc2ccccc21. The lowest BCUT2D eigenvalue weighted by molar-refractivity contribution is -0.376. The molecule has 4 N–H and O–H groups in total. The fourth-order valence-corrected chi connectivity index (χ4v) is 5.81. The Labute approximate surface area is 195 Å². The molecule has 1 amide bonds. The summed E-state index contributed by atoms with van der Waals surface area (Å²) in [6, 6.07) is 8.04. The van der Waals surface area contributed by atoms with Crippen LogP contribution in [0.4, 0.5) is 32.0 Å². The standard InChI is InChI=1S/C21H19F6N3O4S/c22-20(23,24)19(32,21(25,26)27)13-5-7-14(8-6-13)29-17(31)18(35(33,34)30-15-9-10-15)16-4-2-1-3-12(16)11-28-18/h1-8,15,28,30,32H,9-11H2,(H,29,31). The lowest BCUT2D eigenvalue weighted by atomic mass is 9.92. The van der Waals surface area contributed by atoms with Crippen molar-refractivity contribution < 1.29 is 44.7 Å². The van der Waals surface area contributed by atoms with Gasteiger partial charge in [-0.05, 0) is 30.5 Å². The molecular formula is C21H19F6N3O4S. The first kappa shape index (κ1) is 25.4. The summed E-state index contributed by atoms with van der Waals surface area (Å²) in [7, 11) is -4.37. The van der Waals surface area contributed by atoms with Gasteiger partial charge in [0.15, 0.2) is 0 Å². The van der Waals surface area contributed by atoms with Gasteiger partial charge < -0.3 is 10.4 Å². The minimum absolute atomic E-state index is 0.0261. The highest BCUT2D eigenvalue weighted by molar-refractivity contribution is 7.91. The van der Waals surface area contributed by atoms with Gasteiger partial charge in [0.25, 0.3) is 11.5 Å². The van der Waals surface area contributed by atoms with Crippen molar-refractivity contribution in [1.82, 2.24) is 10.0 Å². The number of alkyl halides is 6. The van der Waals surface area contributed by atoms with Gasteiger partial charge in [0.2, 0.25) is 14.9 Å². The van der Waals surface area contributed by atoms with E-state index >= 15 is 0 Å². The number of halogens is 6. The smallest absolute Gasteiger partial charge is 0.369 e. The summed E-state index contributed by atoms with van der Waals surface area (Å²) in [6.07, 6.45) is -11.0. The zero-order valence-electron chi connectivity index (χ0n) is 17.7. The number of carbonyl (C=O) groups excluding carboxylic acids is 1. The average molecular weight is 523 g/mol. The number of amides is 1. The number of fused-ring (bicyclic) bond motifs is 1. The molecule has 7 nitrogen and oxygen atoms in total. The number of rotatable bonds is 6. The number of carbonyl (C=O) groups is 1. The normalized spacial score (nSPS) is 21.0. The highest BCUT2D eigenvalue weighted by Gasteiger charge is 2.71. The molecule has 190 valence electrons. The van der Waals surface area contributed by atoms with Crippen molar-refractivity contribution in [2.24, 2.45) is 0 Å². The highest BCUT2D eigenvalue weighted by atomic mass is 32.2. The predicted molar refractivity (Wildman–Crippen MR) is 111 cm³/mol. The van der Waals surface area contributed by atoms with Crippen LogP contribution >= 0.6 is 0 Å². The first-order valence-corrected chi connectivity index (χ1v) is 11.7. The lowest BCUT2D eigenvalue weighted by Crippen LogP contribution is -2.58. The summed E-state index contributed by atoms with van der Waals surface area (Å²) in [5.41, 5.74) is -6.26. The van der Waals surface area contributed by atoms with Gasteiger partial charge in [-0.15, -0.1) is 0 Å². The van der Waals surface area contributed by atoms with Crippen LogP contribution in [-0.2, 0) is 31.8 Å². The third-order valence-corrected chi connectivity index (χ3v) is 7.93. The summed E-state index contributed by atoms with van der Waals surface area (Å²) in [4.78, 5) is 11.1. The third kappa shape index (κ3) is 4.07. The van der Waals surface area contributed by atoms with Crippen molar-refractivity contribution in [1.29, 1.82) is 0 Å². The van der Waals surface area contributed by atoms with Crippen molar-refractivity contribution in [2.75, 3.05) is 5.32 Å². The zero-order chi connectivity index (χ0) is 25.9. The average Bonchev–Trinajstić information content (AvgIpc) is 3.46. The number of benzene rings is 2. The number of anilines is 1. The van der Waals surface area contributed by atoms with E-state index in [1.54, 1.807) is 12.1 Å². The van der Waals surface area contributed by atoms with E-state index in [1.807, 2.05) is 0 Å². The molecule has 14 heteroatoms. The largest absolute Gasteiger partial charge is 0.430 e. The van der Waals surface area contributed by atoms with Gasteiger partial charge in [-0.25, -0.2) is 13.1 Å². The first-order valence-electron chi connectivity index (χ1n) is 10.3. The van der Waals surface area contributed by atoms with Crippen molar-refractivity contribution in [3.05, 3.63) is 65.2 Å². The Kier molecular flexibility index (Phi) is 5.94. The molecule has 0 bridgehead atoms. The van der Waals surface area contributed by atoms with Crippen LogP contribution in [0.1, 0.15) is 29.5 Å². The first-order chi connectivity index (χ1) is 16.1. The van der Waals surface area contributed by atoms with Crippen LogP contribution in [-0.4, -0.2) is 37.8 Å². The molecule has 0 spiro atoms. The van der Waals surface area contributed by atoms with Gasteiger partial charge in [0.05, 0.1) is 0 Å². The highest BCUT2D eigenvalue weighted by Crippen LogP contribution is 2.50. The fourth-order valence-electron chi connectivity index (χ4n) is 3.91. The molecule has 4 rings (SSSR count). The van der Waals surface area contributed by atoms with E-state index < -0.39 is 44.3 Å². The number of aliphatic hydroxyl groups is 1. The zero-order valence-corrected chi connectivity index (χ0v) is 18.5. The molecule has 2 aromatic carbocycles. The van der Waals surface area contributed by atoms with Crippen LogP contribution in [0.25, 0.3) is 0 Å². The van der Waals surface area contributed by atoms with E-state index in [-0.39, 0.29) is 23.8 Å². The van der Waals surface area contributed by atoms with E-state index in [1.165, 1.54) is 12.1 Å². The third-order valence-electron chi connectivity index (χ3n) is 5.93. The van der Waals surface area contributed by atoms with E-state index in [2.05, 4.69) is 15.4 Å². The summed E-state index contributed by atoms with van der Waals surface area (Å²) in [5.74, 6) is -1.11. The Morgan fingerprint density at radius 2 is 1.54 bits per heavy atom. The maximum Gasteiger partial charge on any atom is 0.430 e. The number of nitrogens with one attached hydrogen (secondary N) is 3. The van der Waals surface area contributed by atoms with Gasteiger partial charge in [0, 0.05) is 29.4 Å². The molecule has 1 unspecified atom stereocenters. The van der Waals surface area contributed by atoms with Crippen molar-refractivity contribution in [3.8, 4) is 0 Å². The van der Waals surface area contributed by atoms with Crippen molar-refractivity contribution >= 4 is 21.6 Å². The minimum atomic E-state index is -6.07. The molecule has 1 aliphatic carbocycles. The van der Waals surface area contributed by atoms with E-state index in [0.29, 0.717) is 42.7 Å². The topological polar surface area (TPSA) is 108 Å². The Balaban J connectivity index is 1.69. The van der Waals surface area contributed by atoms with E-state index in [9.17, 15) is 44.7 Å². The molecule has 2 aliphatic rings. The fraction of sp³-hybridized carbons (Fsp3) is 0.381. The quantitative estimate of drug-likeness (QED) is 0.436. The second-order valence-electron chi connectivity index (χ2n) is 8.32. The Hall–Kier alpha value is -2.68. The summed E-state index contributed by atoms with van der Waals surface area (Å²) < 4.78 is 108. The second-order valence-corrected chi connectivity index (χ2v) is 10.2. The molecule has 1 aliphatic heterocycles. The van der Waals surface area contributed by atoms with Crippen LogP contribution in [0.2, 0.25) is 0 Å². The molecule has 1 atom stereocenters. The van der Waals surface area contributed by atoms with Gasteiger partial charge in [-0.1, -0.05) is 36.4 Å². The van der Waals surface area contributed by atoms with Crippen molar-refractivity contribution in [2.45, 2.75) is 48.3 Å². The van der Waals surface area contributed by atoms with Crippen LogP contribution in [0.15, 0.2) is 48.5 Å². The lowest BCUT2D eigenvalue weighted by Gasteiger charge is -2.33. The Morgan fingerprint density at radius 3 is 2.09 bits per heavy atom. The van der Waals surface area contributed by atoms with Gasteiger partial charge in [-0.3, -0.25) is 10.1 Å². The Bertz CT molecular complexity index is 1230. The monoisotopic (exact) mass is 523 g/mol. The molecule has 1 saturated carbocycles. The van der Waals surface area contributed by atoms with Gasteiger partial charge in [0.1, 0.15) is 0 Å². The molecule has 35 heavy (non-hydrogen) atoms. The number of hydrogen-bond donors (Lipinski definition) is 4. The molecule has 1 heterocycles. The number of hydrogen-bond acceptors (Lipinski definition) is 5. The van der Waals surface area contributed by atoms with E-state index in [4.69, 9.17) is 0 Å². The van der Waals surface area contributed by atoms with Crippen LogP contribution in [0.3, 0.4) is 0 Å². The molecular weight excluding hydrogens is 504 g/mol. The van der Waals surface area contributed by atoms with Gasteiger partial charge in [-0.2, -0.15) is 26.3 Å². The summed E-state index contributed by atoms with van der Waals surface area (Å²) >= 11 is 0. The van der Waals surface area contributed by atoms with Crippen LogP contribution < -0.4 is 15.4 Å². The summed E-state index contributed by atoms with van der Waals surface area (Å²) in [5, 5.41) is 14.5. The van der Waals surface area contributed by atoms with Crippen LogP contribution in [0, 0.1) is 0 Å². The Morgan fingerprint density at radius 1 is 0.971 bits per heavy atom. The van der Waals surface area contributed by atoms with Crippen molar-refractivity contribution in [3.63, 3.8) is 0 Å². The molecule has 0 aromatic heterocycles. The molecule has 0 radical (unpaired) electrons. The second kappa shape index (κ2) is 8.18. The molecule has 1 fully saturated rings. The molecule has 0 saturated heterocycles. The van der Waals surface area contributed by atoms with Crippen LogP contribution in [0.5, 0.6) is 0 Å². The maximum atomic E-state index is 13.3. The summed E-state index contributed by atoms with van der Waals surface area (Å²) in [6.45, 7) is 0.0261. The number of sulfonamides is 1.